The van der Waals surface area contributed by atoms with Crippen molar-refractivity contribution in [3.05, 3.63) is 75.7 Å². The molecule has 0 radical (unpaired) electrons. The van der Waals surface area contributed by atoms with Crippen LogP contribution in [-0.2, 0) is 11.8 Å². The largest absolute Gasteiger partial charge is 0.426 e. The third-order valence-corrected chi connectivity index (χ3v) is 4.81. The fourth-order valence-electron chi connectivity index (χ4n) is 3.47. The molecule has 0 saturated heterocycles. The maximum atomic E-state index is 12.8. The lowest BCUT2D eigenvalue weighted by molar-refractivity contribution is -0.135. The minimum absolute atomic E-state index is 0.101. The fraction of sp³-hybridized carbons (Fsp3) is 0.200. The molecule has 0 bridgehead atoms. The number of pyridine rings is 1. The summed E-state index contributed by atoms with van der Waals surface area (Å²) in [6.45, 7) is 1.83. The molecular formula is C20H17NO3. The van der Waals surface area contributed by atoms with E-state index in [1.807, 2.05) is 49.4 Å². The molecule has 0 N–H and O–H groups in total. The van der Waals surface area contributed by atoms with E-state index in [4.69, 9.17) is 4.74 Å². The van der Waals surface area contributed by atoms with Crippen molar-refractivity contribution in [1.29, 1.82) is 0 Å². The van der Waals surface area contributed by atoms with Crippen molar-refractivity contribution in [2.24, 2.45) is 7.05 Å². The lowest BCUT2D eigenvalue weighted by atomic mass is 9.84. The number of aromatic nitrogens is 1. The molecule has 0 amide bonds. The van der Waals surface area contributed by atoms with E-state index in [-0.39, 0.29) is 23.9 Å². The number of ether oxygens (including phenoxy) is 1. The zero-order valence-electron chi connectivity index (χ0n) is 13.6. The molecule has 0 aliphatic carbocycles. The zero-order chi connectivity index (χ0) is 16.8. The first-order chi connectivity index (χ1) is 11.6. The lowest BCUT2D eigenvalue weighted by Crippen LogP contribution is -2.32. The molecule has 0 unspecified atom stereocenters. The molecule has 24 heavy (non-hydrogen) atoms. The molecule has 0 spiro atoms. The monoisotopic (exact) mass is 319 g/mol. The standard InChI is InChI=1S/C20H17NO3/c1-12-10-17-19(20(23)21(12)2)16(11-18(22)24-17)15-9-5-7-13-6-3-4-8-14(13)15/h3-10,16H,11H2,1-2H3/t16-/m1/s1. The number of aryl methyl sites for hydroxylation is 1. The van der Waals surface area contributed by atoms with Gasteiger partial charge in [0, 0.05) is 24.7 Å². The van der Waals surface area contributed by atoms with Crippen LogP contribution in [0.1, 0.15) is 29.2 Å². The van der Waals surface area contributed by atoms with Gasteiger partial charge >= 0.3 is 5.97 Å². The quantitative estimate of drug-likeness (QED) is 0.647. The second kappa shape index (κ2) is 5.34. The van der Waals surface area contributed by atoms with Gasteiger partial charge in [-0.1, -0.05) is 42.5 Å². The van der Waals surface area contributed by atoms with E-state index in [2.05, 4.69) is 0 Å². The highest BCUT2D eigenvalue weighted by atomic mass is 16.5. The van der Waals surface area contributed by atoms with Crippen LogP contribution in [0.2, 0.25) is 0 Å². The van der Waals surface area contributed by atoms with Crippen LogP contribution in [0.4, 0.5) is 0 Å². The Hall–Kier alpha value is -2.88. The third kappa shape index (κ3) is 2.14. The first-order valence-corrected chi connectivity index (χ1v) is 7.95. The van der Waals surface area contributed by atoms with Gasteiger partial charge in [0.05, 0.1) is 12.0 Å². The van der Waals surface area contributed by atoms with Crippen LogP contribution < -0.4 is 10.3 Å². The maximum Gasteiger partial charge on any atom is 0.312 e. The molecule has 1 aliphatic rings. The van der Waals surface area contributed by atoms with Crippen molar-refractivity contribution in [3.8, 4) is 5.75 Å². The highest BCUT2D eigenvalue weighted by Gasteiger charge is 2.32. The Bertz CT molecular complexity index is 1030. The molecule has 0 fully saturated rings. The average molecular weight is 319 g/mol. The summed E-state index contributed by atoms with van der Waals surface area (Å²) in [6, 6.07) is 15.8. The summed E-state index contributed by atoms with van der Waals surface area (Å²) in [7, 11) is 1.74. The molecule has 2 heterocycles. The first-order valence-electron chi connectivity index (χ1n) is 7.95. The van der Waals surface area contributed by atoms with E-state index in [0.29, 0.717) is 11.3 Å². The Morgan fingerprint density at radius 2 is 1.83 bits per heavy atom. The Morgan fingerprint density at radius 1 is 1.08 bits per heavy atom. The molecule has 4 nitrogen and oxygen atoms in total. The van der Waals surface area contributed by atoms with Crippen molar-refractivity contribution in [3.63, 3.8) is 0 Å². The van der Waals surface area contributed by atoms with Crippen molar-refractivity contribution in [2.45, 2.75) is 19.3 Å². The van der Waals surface area contributed by atoms with E-state index in [1.54, 1.807) is 17.7 Å². The number of fused-ring (bicyclic) bond motifs is 2. The Labute approximate surface area is 139 Å². The predicted octanol–water partition coefficient (Wildman–Crippen LogP) is 3.29. The van der Waals surface area contributed by atoms with Gasteiger partial charge in [0.15, 0.2) is 0 Å². The van der Waals surface area contributed by atoms with Gasteiger partial charge in [-0.25, -0.2) is 0 Å². The van der Waals surface area contributed by atoms with Crippen molar-refractivity contribution in [1.82, 2.24) is 4.57 Å². The summed E-state index contributed by atoms with van der Waals surface area (Å²) in [5.74, 6) is -0.190. The normalized spacial score (nSPS) is 16.8. The Balaban J connectivity index is 2.02. The molecule has 0 saturated carbocycles. The van der Waals surface area contributed by atoms with Gasteiger partial charge in [0.1, 0.15) is 5.75 Å². The van der Waals surface area contributed by atoms with Gasteiger partial charge in [-0.15, -0.1) is 0 Å². The van der Waals surface area contributed by atoms with Gasteiger partial charge < -0.3 is 9.30 Å². The minimum Gasteiger partial charge on any atom is -0.426 e. The molecule has 3 aromatic rings. The summed E-state index contributed by atoms with van der Waals surface area (Å²) >= 11 is 0. The van der Waals surface area contributed by atoms with E-state index < -0.39 is 0 Å². The van der Waals surface area contributed by atoms with Gasteiger partial charge in [0.2, 0.25) is 0 Å². The van der Waals surface area contributed by atoms with Gasteiger partial charge in [0.25, 0.3) is 5.56 Å². The Morgan fingerprint density at radius 3 is 2.67 bits per heavy atom. The van der Waals surface area contributed by atoms with Crippen molar-refractivity contribution >= 4 is 16.7 Å². The number of nitrogens with zero attached hydrogens (tertiary/aromatic N) is 1. The number of benzene rings is 2. The SMILES string of the molecule is Cc1cc2c(c(=O)n1C)[C@@H](c1cccc3ccccc13)CC(=O)O2. The van der Waals surface area contributed by atoms with E-state index >= 15 is 0 Å². The fourth-order valence-corrected chi connectivity index (χ4v) is 3.47. The molecule has 1 aromatic heterocycles. The smallest absolute Gasteiger partial charge is 0.312 e. The van der Waals surface area contributed by atoms with E-state index in [9.17, 15) is 9.59 Å². The first kappa shape index (κ1) is 14.7. The van der Waals surface area contributed by atoms with Gasteiger partial charge in [-0.2, -0.15) is 0 Å². The van der Waals surface area contributed by atoms with Crippen molar-refractivity contribution in [2.75, 3.05) is 0 Å². The van der Waals surface area contributed by atoms with Crippen LogP contribution in [0.5, 0.6) is 5.75 Å². The Kier molecular flexibility index (Phi) is 3.27. The lowest BCUT2D eigenvalue weighted by Gasteiger charge is -2.26. The summed E-state index contributed by atoms with van der Waals surface area (Å²) in [6.07, 6.45) is 0.180. The number of esters is 1. The minimum atomic E-state index is -0.298. The molecule has 4 heteroatoms. The summed E-state index contributed by atoms with van der Waals surface area (Å²) in [4.78, 5) is 25.0. The average Bonchev–Trinajstić information content (AvgIpc) is 2.58. The van der Waals surface area contributed by atoms with Crippen LogP contribution in [0.25, 0.3) is 10.8 Å². The summed E-state index contributed by atoms with van der Waals surface area (Å²) < 4.78 is 6.97. The van der Waals surface area contributed by atoms with Crippen LogP contribution >= 0.6 is 0 Å². The molecule has 1 atom stereocenters. The maximum absolute atomic E-state index is 12.8. The van der Waals surface area contributed by atoms with Crippen LogP contribution in [0, 0.1) is 6.92 Å². The highest BCUT2D eigenvalue weighted by Crippen LogP contribution is 2.39. The van der Waals surface area contributed by atoms with Crippen LogP contribution in [0.3, 0.4) is 0 Å². The number of carbonyl (C=O) groups is 1. The molecule has 4 rings (SSSR count). The molecule has 120 valence electrons. The number of hydrogen-bond donors (Lipinski definition) is 0. The predicted molar refractivity (Wildman–Crippen MR) is 92.5 cm³/mol. The van der Waals surface area contributed by atoms with Crippen molar-refractivity contribution < 1.29 is 9.53 Å². The summed E-state index contributed by atoms with van der Waals surface area (Å²) in [5.41, 5.74) is 2.23. The summed E-state index contributed by atoms with van der Waals surface area (Å²) in [5, 5.41) is 2.16. The van der Waals surface area contributed by atoms with Crippen LogP contribution in [0.15, 0.2) is 53.3 Å². The zero-order valence-corrected chi connectivity index (χ0v) is 13.6. The second-order valence-electron chi connectivity index (χ2n) is 6.23. The number of hydrogen-bond acceptors (Lipinski definition) is 3. The van der Waals surface area contributed by atoms with E-state index in [1.165, 1.54) is 0 Å². The van der Waals surface area contributed by atoms with Gasteiger partial charge in [-0.05, 0) is 23.3 Å². The highest BCUT2D eigenvalue weighted by molar-refractivity contribution is 5.88. The van der Waals surface area contributed by atoms with Crippen LogP contribution in [-0.4, -0.2) is 10.5 Å². The van der Waals surface area contributed by atoms with Gasteiger partial charge in [-0.3, -0.25) is 9.59 Å². The number of carbonyl (C=O) groups excluding carboxylic acids is 1. The van der Waals surface area contributed by atoms with E-state index in [0.717, 1.165) is 22.0 Å². The number of rotatable bonds is 1. The topological polar surface area (TPSA) is 48.3 Å². The third-order valence-electron chi connectivity index (χ3n) is 4.81. The second-order valence-corrected chi connectivity index (χ2v) is 6.23. The molecular weight excluding hydrogens is 302 g/mol. The molecule has 1 aliphatic heterocycles. The molecule has 2 aromatic carbocycles.